The fraction of sp³-hybridized carbons (Fsp3) is 0.0556. The number of halogens is 1. The standard InChI is InChI=1S/C18H12ClN3O2/c19-12-3-1-11(2-4-12)17-8-6-14(24-17)10-20-13-5-7-15-16(9-13)22-18(23)21-15/h1-9,20H,10H2. The predicted octanol–water partition coefficient (Wildman–Crippen LogP) is 3.58. The van der Waals surface area contributed by atoms with Gasteiger partial charge in [-0.25, -0.2) is 4.79 Å². The Labute approximate surface area is 142 Å². The van der Waals surface area contributed by atoms with Crippen molar-refractivity contribution in [2.75, 3.05) is 5.32 Å². The number of hydrogen-bond donors (Lipinski definition) is 1. The normalized spacial score (nSPS) is 12.5. The minimum Gasteiger partial charge on any atom is -0.459 e. The molecular weight excluding hydrogens is 326 g/mol. The summed E-state index contributed by atoms with van der Waals surface area (Å²) in [5.74, 6) is 1.59. The average Bonchev–Trinajstić information content (AvgIpc) is 3.18. The van der Waals surface area contributed by atoms with Crippen LogP contribution >= 0.6 is 11.6 Å². The molecule has 1 aliphatic heterocycles. The van der Waals surface area contributed by atoms with Crippen LogP contribution in [0.2, 0.25) is 5.02 Å². The maximum atomic E-state index is 11.2. The number of nitrogens with one attached hydrogen (secondary N) is 1. The highest BCUT2D eigenvalue weighted by molar-refractivity contribution is 6.30. The van der Waals surface area contributed by atoms with Gasteiger partial charge in [-0.1, -0.05) is 11.6 Å². The van der Waals surface area contributed by atoms with E-state index in [1.165, 1.54) is 0 Å². The molecule has 0 bridgehead atoms. The third kappa shape index (κ3) is 2.94. The van der Waals surface area contributed by atoms with Gasteiger partial charge in [0.25, 0.3) is 0 Å². The van der Waals surface area contributed by atoms with Crippen molar-refractivity contribution in [1.82, 2.24) is 0 Å². The van der Waals surface area contributed by atoms with E-state index in [0.717, 1.165) is 22.8 Å². The van der Waals surface area contributed by atoms with E-state index in [0.29, 0.717) is 22.3 Å². The van der Waals surface area contributed by atoms with Gasteiger partial charge >= 0.3 is 6.03 Å². The van der Waals surface area contributed by atoms with E-state index in [4.69, 9.17) is 16.0 Å². The highest BCUT2D eigenvalue weighted by Crippen LogP contribution is 2.24. The number of carbonyl (C=O) groups excluding carboxylic acids is 1. The fourth-order valence-electron chi connectivity index (χ4n) is 2.48. The van der Waals surface area contributed by atoms with Crippen LogP contribution in [-0.2, 0) is 6.54 Å². The molecule has 4 rings (SSSR count). The van der Waals surface area contributed by atoms with Crippen LogP contribution in [0.5, 0.6) is 0 Å². The van der Waals surface area contributed by atoms with Gasteiger partial charge in [0.2, 0.25) is 0 Å². The van der Waals surface area contributed by atoms with Crippen molar-refractivity contribution in [1.29, 1.82) is 0 Å². The first kappa shape index (κ1) is 14.7. The number of benzene rings is 2. The second-order valence-corrected chi connectivity index (χ2v) is 5.77. The van der Waals surface area contributed by atoms with Gasteiger partial charge in [0.15, 0.2) is 0 Å². The van der Waals surface area contributed by atoms with E-state index in [1.807, 2.05) is 42.5 Å². The van der Waals surface area contributed by atoms with Crippen molar-refractivity contribution in [3.05, 3.63) is 76.1 Å². The maximum Gasteiger partial charge on any atom is 0.368 e. The summed E-state index contributed by atoms with van der Waals surface area (Å²) in [6.07, 6.45) is 0. The van der Waals surface area contributed by atoms with Crippen molar-refractivity contribution in [2.24, 2.45) is 9.98 Å². The summed E-state index contributed by atoms with van der Waals surface area (Å²) in [5.41, 5.74) is 1.83. The van der Waals surface area contributed by atoms with Crippen LogP contribution in [0, 0.1) is 0 Å². The lowest BCUT2D eigenvalue weighted by molar-refractivity contribution is 0.256. The SMILES string of the molecule is O=C1N=c2ccc(NCc3ccc(-c4ccc(Cl)cc4)o3)cc2=N1. The molecule has 0 aliphatic carbocycles. The van der Waals surface area contributed by atoms with Crippen molar-refractivity contribution in [2.45, 2.75) is 6.54 Å². The quantitative estimate of drug-likeness (QED) is 0.791. The molecule has 2 aromatic carbocycles. The van der Waals surface area contributed by atoms with E-state index < -0.39 is 6.03 Å². The van der Waals surface area contributed by atoms with Crippen molar-refractivity contribution in [3.8, 4) is 11.3 Å². The molecule has 1 aliphatic rings. The number of hydrogen-bond acceptors (Lipinski definition) is 3. The molecule has 0 spiro atoms. The zero-order valence-electron chi connectivity index (χ0n) is 12.5. The lowest BCUT2D eigenvalue weighted by atomic mass is 10.2. The van der Waals surface area contributed by atoms with E-state index >= 15 is 0 Å². The third-order valence-corrected chi connectivity index (χ3v) is 3.92. The number of furan rings is 1. The number of amides is 2. The maximum absolute atomic E-state index is 11.2. The Balaban J connectivity index is 1.49. The molecule has 2 heterocycles. The Morgan fingerprint density at radius 2 is 1.75 bits per heavy atom. The molecule has 2 amide bonds. The summed E-state index contributed by atoms with van der Waals surface area (Å²) in [5, 5.41) is 5.14. The zero-order valence-corrected chi connectivity index (χ0v) is 13.2. The molecule has 5 nitrogen and oxygen atoms in total. The van der Waals surface area contributed by atoms with Gasteiger partial charge in [0, 0.05) is 16.3 Å². The summed E-state index contributed by atoms with van der Waals surface area (Å²) in [7, 11) is 0. The number of anilines is 1. The smallest absolute Gasteiger partial charge is 0.368 e. The lowest BCUT2D eigenvalue weighted by Crippen LogP contribution is -2.21. The average molecular weight is 338 g/mol. The molecule has 3 aromatic rings. The highest BCUT2D eigenvalue weighted by atomic mass is 35.5. The van der Waals surface area contributed by atoms with Crippen LogP contribution in [0.4, 0.5) is 10.5 Å². The van der Waals surface area contributed by atoms with Crippen molar-refractivity contribution < 1.29 is 9.21 Å². The molecule has 0 saturated heterocycles. The van der Waals surface area contributed by atoms with Gasteiger partial charge in [0.05, 0.1) is 17.3 Å². The van der Waals surface area contributed by atoms with Gasteiger partial charge in [-0.3, -0.25) is 0 Å². The summed E-state index contributed by atoms with van der Waals surface area (Å²) in [6, 6.07) is 16.3. The predicted molar refractivity (Wildman–Crippen MR) is 90.6 cm³/mol. The van der Waals surface area contributed by atoms with Gasteiger partial charge in [-0.15, -0.1) is 0 Å². The number of rotatable bonds is 4. The summed E-state index contributed by atoms with van der Waals surface area (Å²) in [6.45, 7) is 0.525. The zero-order chi connectivity index (χ0) is 16.5. The Morgan fingerprint density at radius 1 is 0.958 bits per heavy atom. The van der Waals surface area contributed by atoms with Gasteiger partial charge in [-0.05, 0) is 54.6 Å². The first-order valence-electron chi connectivity index (χ1n) is 7.37. The Morgan fingerprint density at radius 3 is 2.58 bits per heavy atom. The Kier molecular flexibility index (Phi) is 3.63. The highest BCUT2D eigenvalue weighted by Gasteiger charge is 2.07. The molecule has 0 atom stereocenters. The van der Waals surface area contributed by atoms with Crippen molar-refractivity contribution in [3.63, 3.8) is 0 Å². The summed E-state index contributed by atoms with van der Waals surface area (Å²) in [4.78, 5) is 18.8. The molecule has 118 valence electrons. The van der Waals surface area contributed by atoms with Gasteiger partial charge < -0.3 is 9.73 Å². The molecule has 1 N–H and O–H groups in total. The van der Waals surface area contributed by atoms with Crippen LogP contribution in [-0.4, -0.2) is 6.03 Å². The van der Waals surface area contributed by atoms with Crippen LogP contribution in [0.3, 0.4) is 0 Å². The summed E-state index contributed by atoms with van der Waals surface area (Å²) < 4.78 is 5.84. The number of nitrogens with zero attached hydrogens (tertiary/aromatic N) is 2. The van der Waals surface area contributed by atoms with Gasteiger partial charge in [-0.2, -0.15) is 9.98 Å². The molecule has 0 unspecified atom stereocenters. The fourth-order valence-corrected chi connectivity index (χ4v) is 2.61. The largest absolute Gasteiger partial charge is 0.459 e. The second kappa shape index (κ2) is 5.94. The number of carbonyl (C=O) groups is 1. The van der Waals surface area contributed by atoms with E-state index in [1.54, 1.807) is 12.1 Å². The minimum absolute atomic E-state index is 0.458. The molecule has 6 heteroatoms. The topological polar surface area (TPSA) is 67.0 Å². The van der Waals surface area contributed by atoms with E-state index in [-0.39, 0.29) is 0 Å². The van der Waals surface area contributed by atoms with Crippen LogP contribution < -0.4 is 16.0 Å². The van der Waals surface area contributed by atoms with E-state index in [9.17, 15) is 4.79 Å². The third-order valence-electron chi connectivity index (χ3n) is 3.66. The van der Waals surface area contributed by atoms with Crippen LogP contribution in [0.25, 0.3) is 11.3 Å². The molecular formula is C18H12ClN3O2. The molecule has 0 saturated carbocycles. The summed E-state index contributed by atoms with van der Waals surface area (Å²) >= 11 is 5.90. The number of urea groups is 1. The lowest BCUT2D eigenvalue weighted by Gasteiger charge is -2.03. The Hall–Kier alpha value is -2.92. The molecule has 1 aromatic heterocycles. The molecule has 0 fully saturated rings. The molecule has 0 radical (unpaired) electrons. The van der Waals surface area contributed by atoms with Crippen LogP contribution in [0.15, 0.2) is 69.0 Å². The van der Waals surface area contributed by atoms with Gasteiger partial charge in [0.1, 0.15) is 11.5 Å². The van der Waals surface area contributed by atoms with E-state index in [2.05, 4.69) is 15.3 Å². The monoisotopic (exact) mass is 337 g/mol. The van der Waals surface area contributed by atoms with Crippen molar-refractivity contribution >= 4 is 23.3 Å². The Bertz CT molecular complexity index is 1040. The first-order valence-corrected chi connectivity index (χ1v) is 7.75. The second-order valence-electron chi connectivity index (χ2n) is 5.34. The molecule has 24 heavy (non-hydrogen) atoms. The number of fused-ring (bicyclic) bond motifs is 1. The van der Waals surface area contributed by atoms with Crippen LogP contribution in [0.1, 0.15) is 5.76 Å². The first-order chi connectivity index (χ1) is 11.7. The minimum atomic E-state index is -0.458.